The van der Waals surface area contributed by atoms with Crippen LogP contribution in [0.5, 0.6) is 5.75 Å². The summed E-state index contributed by atoms with van der Waals surface area (Å²) in [4.78, 5) is 12.1. The maximum atomic E-state index is 12.8. The van der Waals surface area contributed by atoms with Crippen molar-refractivity contribution in [2.45, 2.75) is 17.2 Å². The predicted molar refractivity (Wildman–Crippen MR) is 108 cm³/mol. The number of rotatable bonds is 4. The molecule has 0 radical (unpaired) electrons. The number of carbonyl (C=O) groups is 1. The molecule has 0 unspecified atom stereocenters. The molecule has 3 aromatic rings. The average molecular weight is 415 g/mol. The number of carbonyl (C=O) groups excluding carboxylic acids is 1. The topological polar surface area (TPSA) is 75.7 Å². The molecule has 1 amide bonds. The van der Waals surface area contributed by atoms with Crippen molar-refractivity contribution in [3.8, 4) is 5.75 Å². The number of thiophene rings is 1. The summed E-state index contributed by atoms with van der Waals surface area (Å²) in [6.45, 7) is 0.717. The molecule has 0 spiro atoms. The Bertz CT molecular complexity index is 1080. The van der Waals surface area contributed by atoms with Crippen molar-refractivity contribution in [2.24, 2.45) is 0 Å². The van der Waals surface area contributed by atoms with E-state index in [2.05, 4.69) is 5.32 Å². The van der Waals surface area contributed by atoms with Crippen molar-refractivity contribution < 1.29 is 17.9 Å². The molecule has 1 aliphatic rings. The molecule has 0 saturated heterocycles. The van der Waals surface area contributed by atoms with Gasteiger partial charge in [-0.15, -0.1) is 11.3 Å². The van der Waals surface area contributed by atoms with Crippen LogP contribution in [-0.2, 0) is 23.0 Å². The molecule has 2 heterocycles. The van der Waals surface area contributed by atoms with E-state index >= 15 is 0 Å². The van der Waals surface area contributed by atoms with Crippen molar-refractivity contribution in [1.29, 1.82) is 0 Å². The summed E-state index contributed by atoms with van der Waals surface area (Å²) in [5.41, 5.74) is 2.53. The third kappa shape index (κ3) is 3.94. The van der Waals surface area contributed by atoms with E-state index in [4.69, 9.17) is 4.74 Å². The largest absolute Gasteiger partial charge is 0.417 e. The van der Waals surface area contributed by atoms with Crippen LogP contribution in [0, 0.1) is 0 Å². The number of nitrogens with one attached hydrogen (secondary N) is 1. The van der Waals surface area contributed by atoms with Crippen LogP contribution in [0.25, 0.3) is 0 Å². The molecule has 0 atom stereocenters. The first-order chi connectivity index (χ1) is 13.5. The highest BCUT2D eigenvalue weighted by Crippen LogP contribution is 2.28. The molecule has 1 aliphatic heterocycles. The monoisotopic (exact) mass is 414 g/mol. The highest BCUT2D eigenvalue weighted by molar-refractivity contribution is 7.91. The normalized spacial score (nSPS) is 14.3. The maximum Gasteiger partial charge on any atom is 0.417 e. The van der Waals surface area contributed by atoms with Crippen LogP contribution < -0.4 is 10.1 Å². The van der Waals surface area contributed by atoms with Gasteiger partial charge in [0.2, 0.25) is 0 Å². The second kappa shape index (κ2) is 7.75. The third-order valence-corrected chi connectivity index (χ3v) is 7.69. The van der Waals surface area contributed by atoms with Gasteiger partial charge < -0.3 is 4.74 Å². The maximum absolute atomic E-state index is 12.8. The Balaban J connectivity index is 1.49. The highest BCUT2D eigenvalue weighted by atomic mass is 32.2. The Morgan fingerprint density at radius 1 is 1.04 bits per heavy atom. The summed E-state index contributed by atoms with van der Waals surface area (Å²) in [6.07, 6.45) is 0.0410. The standard InChI is InChI=1S/C20H18N2O4S2/c23-20(26-18-5-2-1-3-6-18)21-17-9-8-15-10-11-22(14-16(15)13-17)28(24,25)19-7-4-12-27-19/h1-9,12-13H,10-11,14H2,(H,21,23). The van der Waals surface area contributed by atoms with E-state index in [0.29, 0.717) is 28.6 Å². The summed E-state index contributed by atoms with van der Waals surface area (Å²) in [7, 11) is -3.50. The van der Waals surface area contributed by atoms with E-state index in [1.165, 1.54) is 15.6 Å². The minimum Gasteiger partial charge on any atom is -0.410 e. The van der Waals surface area contributed by atoms with Crippen LogP contribution in [0.15, 0.2) is 70.3 Å². The molecule has 4 rings (SSSR count). The molecule has 1 N–H and O–H groups in total. The fourth-order valence-electron chi connectivity index (χ4n) is 3.09. The Morgan fingerprint density at radius 2 is 1.86 bits per heavy atom. The van der Waals surface area contributed by atoms with Gasteiger partial charge >= 0.3 is 6.09 Å². The Morgan fingerprint density at radius 3 is 2.61 bits per heavy atom. The molecular formula is C20H18N2O4S2. The summed E-state index contributed by atoms with van der Waals surface area (Å²) < 4.78 is 32.6. The number of amides is 1. The van der Waals surface area contributed by atoms with Crippen LogP contribution in [0.3, 0.4) is 0 Å². The fourth-order valence-corrected chi connectivity index (χ4v) is 5.65. The lowest BCUT2D eigenvalue weighted by Crippen LogP contribution is -2.35. The van der Waals surface area contributed by atoms with E-state index in [-0.39, 0.29) is 6.54 Å². The van der Waals surface area contributed by atoms with Gasteiger partial charge in [-0.05, 0) is 53.3 Å². The highest BCUT2D eigenvalue weighted by Gasteiger charge is 2.29. The minimum absolute atomic E-state index is 0.277. The third-order valence-electron chi connectivity index (χ3n) is 4.47. The lowest BCUT2D eigenvalue weighted by atomic mass is 10.0. The minimum atomic E-state index is -3.50. The van der Waals surface area contributed by atoms with Crippen LogP contribution in [0.1, 0.15) is 11.1 Å². The summed E-state index contributed by atoms with van der Waals surface area (Å²) in [6, 6.07) is 17.7. The van der Waals surface area contributed by atoms with Crippen molar-refractivity contribution in [2.75, 3.05) is 11.9 Å². The first kappa shape index (κ1) is 18.7. The molecule has 28 heavy (non-hydrogen) atoms. The van der Waals surface area contributed by atoms with Crippen molar-refractivity contribution in [3.05, 3.63) is 77.2 Å². The van der Waals surface area contributed by atoms with Gasteiger partial charge in [0, 0.05) is 18.8 Å². The SMILES string of the molecule is O=C(Nc1ccc2c(c1)CN(S(=O)(=O)c1cccs1)CC2)Oc1ccccc1. The number of ether oxygens (including phenoxy) is 1. The Hall–Kier alpha value is -2.68. The predicted octanol–water partition coefficient (Wildman–Crippen LogP) is 4.11. The number of nitrogens with zero attached hydrogens (tertiary/aromatic N) is 1. The summed E-state index contributed by atoms with van der Waals surface area (Å²) >= 11 is 1.21. The lowest BCUT2D eigenvalue weighted by Gasteiger charge is -2.28. The molecule has 2 aromatic carbocycles. The number of fused-ring (bicyclic) bond motifs is 1. The zero-order valence-electron chi connectivity index (χ0n) is 14.9. The van der Waals surface area contributed by atoms with Crippen molar-refractivity contribution in [3.63, 3.8) is 0 Å². The lowest BCUT2D eigenvalue weighted by molar-refractivity contribution is 0.215. The van der Waals surface area contributed by atoms with Crippen molar-refractivity contribution >= 4 is 33.1 Å². The van der Waals surface area contributed by atoms with E-state index in [0.717, 1.165) is 11.1 Å². The second-order valence-corrected chi connectivity index (χ2v) is 9.44. The number of hydrogen-bond acceptors (Lipinski definition) is 5. The van der Waals surface area contributed by atoms with Crippen molar-refractivity contribution in [1.82, 2.24) is 4.31 Å². The molecule has 0 bridgehead atoms. The van der Waals surface area contributed by atoms with E-state index in [9.17, 15) is 13.2 Å². The zero-order chi connectivity index (χ0) is 19.6. The quantitative estimate of drug-likeness (QED) is 0.697. The molecular weight excluding hydrogens is 396 g/mol. The zero-order valence-corrected chi connectivity index (χ0v) is 16.5. The first-order valence-corrected chi connectivity index (χ1v) is 11.0. The van der Waals surface area contributed by atoms with Gasteiger partial charge in [-0.2, -0.15) is 4.31 Å². The van der Waals surface area contributed by atoms with Crippen LogP contribution >= 0.6 is 11.3 Å². The van der Waals surface area contributed by atoms with Gasteiger partial charge in [0.15, 0.2) is 0 Å². The molecule has 144 valence electrons. The molecule has 0 aliphatic carbocycles. The van der Waals surface area contributed by atoms with Gasteiger partial charge in [-0.1, -0.05) is 30.3 Å². The smallest absolute Gasteiger partial charge is 0.410 e. The Labute approximate surface area is 167 Å². The first-order valence-electron chi connectivity index (χ1n) is 8.72. The second-order valence-electron chi connectivity index (χ2n) is 6.33. The molecule has 6 nitrogen and oxygen atoms in total. The number of anilines is 1. The van der Waals surface area contributed by atoms with Gasteiger partial charge in [0.1, 0.15) is 9.96 Å². The summed E-state index contributed by atoms with van der Waals surface area (Å²) in [5.74, 6) is 0.450. The number of benzene rings is 2. The number of hydrogen-bond donors (Lipinski definition) is 1. The molecule has 1 aromatic heterocycles. The van der Waals surface area contributed by atoms with E-state index in [1.54, 1.807) is 53.9 Å². The Kier molecular flexibility index (Phi) is 5.17. The summed E-state index contributed by atoms with van der Waals surface area (Å²) in [5, 5.41) is 4.45. The van der Waals surface area contributed by atoms with Crippen LogP contribution in [0.4, 0.5) is 10.5 Å². The molecule has 8 heteroatoms. The van der Waals surface area contributed by atoms with E-state index in [1.807, 2.05) is 12.1 Å². The average Bonchev–Trinajstić information content (AvgIpc) is 3.24. The van der Waals surface area contributed by atoms with Gasteiger partial charge in [-0.3, -0.25) is 5.32 Å². The van der Waals surface area contributed by atoms with Crippen LogP contribution in [0.2, 0.25) is 0 Å². The van der Waals surface area contributed by atoms with Gasteiger partial charge in [-0.25, -0.2) is 13.2 Å². The molecule has 0 saturated carbocycles. The van der Waals surface area contributed by atoms with Crippen LogP contribution in [-0.4, -0.2) is 25.4 Å². The number of sulfonamides is 1. The van der Waals surface area contributed by atoms with Gasteiger partial charge in [0.25, 0.3) is 10.0 Å². The molecule has 0 fully saturated rings. The van der Waals surface area contributed by atoms with Gasteiger partial charge in [0.05, 0.1) is 0 Å². The fraction of sp³-hybridized carbons (Fsp3) is 0.150. The number of para-hydroxylation sites is 1. The van der Waals surface area contributed by atoms with E-state index < -0.39 is 16.1 Å².